The van der Waals surface area contributed by atoms with Crippen molar-refractivity contribution in [1.29, 1.82) is 0 Å². The summed E-state index contributed by atoms with van der Waals surface area (Å²) in [5.41, 5.74) is 23.1. The Labute approximate surface area is 470 Å². The Balaban J connectivity index is 0.000000288. The van der Waals surface area contributed by atoms with Gasteiger partial charge in [-0.1, -0.05) is 249 Å². The average Bonchev–Trinajstić information content (AvgIpc) is 4.03. The molecule has 0 radical (unpaired) electrons. The number of rotatable bonds is 8. The fourth-order valence-corrected chi connectivity index (χ4v) is 10.6. The van der Waals surface area contributed by atoms with Crippen molar-refractivity contribution in [1.82, 2.24) is 4.98 Å². The fourth-order valence-electron chi connectivity index (χ4n) is 9.51. The molecule has 0 atom stereocenters. The van der Waals surface area contributed by atoms with Gasteiger partial charge in [-0.2, -0.15) is 0 Å². The molecule has 0 N–H and O–H groups in total. The lowest BCUT2D eigenvalue weighted by Crippen LogP contribution is -2.09. The van der Waals surface area contributed by atoms with Gasteiger partial charge in [0, 0.05) is 33.8 Å². The summed E-state index contributed by atoms with van der Waals surface area (Å²) in [5, 5.41) is 1.02. The molecule has 0 spiro atoms. The number of allylic oxidation sites excluding steroid dienone is 8. The third-order valence-corrected chi connectivity index (χ3v) is 14.9. The van der Waals surface area contributed by atoms with Crippen LogP contribution in [0.15, 0.2) is 266 Å². The highest BCUT2D eigenvalue weighted by Crippen LogP contribution is 2.43. The average molecular weight is 1040 g/mol. The van der Waals surface area contributed by atoms with Crippen LogP contribution < -0.4 is 4.90 Å². The largest absolute Gasteiger partial charge is 0.311 e. The predicted molar refractivity (Wildman–Crippen MR) is 342 cm³/mol. The molecule has 0 amide bonds. The van der Waals surface area contributed by atoms with Crippen LogP contribution in [0.4, 0.5) is 17.1 Å². The van der Waals surface area contributed by atoms with E-state index in [1.807, 2.05) is 32.0 Å². The lowest BCUT2D eigenvalue weighted by Gasteiger charge is -2.25. The number of thiazole rings is 1. The summed E-state index contributed by atoms with van der Waals surface area (Å²) in [6.45, 7) is 16.9. The van der Waals surface area contributed by atoms with E-state index in [0.29, 0.717) is 0 Å². The lowest BCUT2D eigenvalue weighted by molar-refractivity contribution is 1.02. The van der Waals surface area contributed by atoms with Crippen molar-refractivity contribution in [2.75, 3.05) is 4.90 Å². The van der Waals surface area contributed by atoms with Gasteiger partial charge in [0.05, 0.1) is 10.2 Å². The minimum absolute atomic E-state index is 1.02. The first-order valence-corrected chi connectivity index (χ1v) is 28.5. The first kappa shape index (κ1) is 55.9. The Morgan fingerprint density at radius 2 is 0.808 bits per heavy atom. The highest BCUT2D eigenvalue weighted by atomic mass is 32.1. The van der Waals surface area contributed by atoms with Gasteiger partial charge in [0.15, 0.2) is 0 Å². The summed E-state index contributed by atoms with van der Waals surface area (Å²) in [4.78, 5) is 7.70. The monoisotopic (exact) mass is 1030 g/mol. The van der Waals surface area contributed by atoms with Crippen molar-refractivity contribution in [3.05, 3.63) is 288 Å². The molecule has 3 heteroatoms. The van der Waals surface area contributed by atoms with Gasteiger partial charge in [0.1, 0.15) is 5.01 Å². The molecule has 0 saturated heterocycles. The molecule has 0 unspecified atom stereocenters. The Kier molecular flexibility index (Phi) is 20.1. The predicted octanol–water partition coefficient (Wildman–Crippen LogP) is 22.6. The van der Waals surface area contributed by atoms with Crippen molar-refractivity contribution < 1.29 is 0 Å². The highest BCUT2D eigenvalue weighted by molar-refractivity contribution is 7.22. The standard InChI is InChI=1S/C52H40N2S.2C7H10.C7H8.C2H6/c1-35-18-21-40(22-19-35)48-33-32-47(39-28-30-45(31-29-39)54(43-13-6-4-7-14-43)44-15-8-5-9-16-44)50-51(48)55-52(53-50)41-26-24-38(25-27-41)42-23-20-37(3)49(34-42)46-17-11-10-12-36(46)2;3*1-7-5-3-2-4-6-7;1-2/h4-34H,1-3H3;2*3,5-6H,2,4H2,1H3;2-6H,1H3;1-2H3. The summed E-state index contributed by atoms with van der Waals surface area (Å²) in [6, 6.07) is 77.9. The van der Waals surface area contributed by atoms with Crippen molar-refractivity contribution in [2.45, 2.75) is 81.1 Å². The minimum atomic E-state index is 1.02. The number of benzene rings is 9. The van der Waals surface area contributed by atoms with Gasteiger partial charge >= 0.3 is 0 Å². The van der Waals surface area contributed by atoms with E-state index in [1.165, 1.54) is 97.2 Å². The van der Waals surface area contributed by atoms with Gasteiger partial charge in [-0.3, -0.25) is 0 Å². The van der Waals surface area contributed by atoms with Gasteiger partial charge in [0.25, 0.3) is 0 Å². The number of anilines is 3. The zero-order valence-electron chi connectivity index (χ0n) is 46.9. The van der Waals surface area contributed by atoms with Crippen molar-refractivity contribution in [3.8, 4) is 55.1 Å². The zero-order chi connectivity index (χ0) is 54.6. The normalized spacial score (nSPS) is 12.2. The third kappa shape index (κ3) is 14.8. The molecule has 0 bridgehead atoms. The molecular weight excluding hydrogens is 961 g/mol. The smallest absolute Gasteiger partial charge is 0.124 e. The summed E-state index contributed by atoms with van der Waals surface area (Å²) >= 11 is 1.77. The van der Waals surface area contributed by atoms with E-state index >= 15 is 0 Å². The third-order valence-electron chi connectivity index (χ3n) is 13.8. The fraction of sp³-hybridized carbons (Fsp3) is 0.160. The van der Waals surface area contributed by atoms with Crippen LogP contribution in [-0.2, 0) is 0 Å². The molecule has 2 aliphatic carbocycles. The molecule has 2 aliphatic rings. The second kappa shape index (κ2) is 28.1. The molecule has 78 heavy (non-hydrogen) atoms. The maximum absolute atomic E-state index is 5.40. The van der Waals surface area contributed by atoms with Gasteiger partial charge in [0.2, 0.25) is 0 Å². The van der Waals surface area contributed by atoms with Gasteiger partial charge in [-0.05, 0) is 154 Å². The molecule has 2 nitrogen and oxygen atoms in total. The van der Waals surface area contributed by atoms with Crippen LogP contribution >= 0.6 is 11.3 Å². The van der Waals surface area contributed by atoms with Crippen LogP contribution in [0.25, 0.3) is 65.3 Å². The summed E-state index contributed by atoms with van der Waals surface area (Å²) in [5.74, 6) is 0. The number of aromatic nitrogens is 1. The molecule has 390 valence electrons. The lowest BCUT2D eigenvalue weighted by atomic mass is 9.93. The molecule has 1 heterocycles. The number of para-hydroxylation sites is 2. The van der Waals surface area contributed by atoms with Crippen LogP contribution in [-0.4, -0.2) is 4.98 Å². The second-order valence-electron chi connectivity index (χ2n) is 19.7. The molecule has 0 fully saturated rings. The zero-order valence-corrected chi connectivity index (χ0v) is 47.7. The van der Waals surface area contributed by atoms with Crippen molar-refractivity contribution in [3.63, 3.8) is 0 Å². The number of fused-ring (bicyclic) bond motifs is 1. The molecule has 10 aromatic rings. The van der Waals surface area contributed by atoms with Crippen LogP contribution in [0, 0.1) is 27.7 Å². The van der Waals surface area contributed by atoms with Crippen LogP contribution in [0.2, 0.25) is 0 Å². The Morgan fingerprint density at radius 3 is 1.32 bits per heavy atom. The Bertz CT molecular complexity index is 3530. The van der Waals surface area contributed by atoms with E-state index in [-0.39, 0.29) is 0 Å². The van der Waals surface area contributed by atoms with Crippen molar-refractivity contribution in [2.24, 2.45) is 0 Å². The summed E-state index contributed by atoms with van der Waals surface area (Å²) in [7, 11) is 0. The maximum atomic E-state index is 5.40. The summed E-state index contributed by atoms with van der Waals surface area (Å²) in [6.07, 6.45) is 18.2. The van der Waals surface area contributed by atoms with Crippen LogP contribution in [0.1, 0.15) is 75.6 Å². The van der Waals surface area contributed by atoms with Gasteiger partial charge in [-0.25, -0.2) is 4.98 Å². The molecular formula is C75H74N2S. The van der Waals surface area contributed by atoms with E-state index in [4.69, 9.17) is 4.98 Å². The Hall–Kier alpha value is -8.37. The van der Waals surface area contributed by atoms with Crippen LogP contribution in [0.5, 0.6) is 0 Å². The van der Waals surface area contributed by atoms with E-state index in [1.54, 1.807) is 11.3 Å². The van der Waals surface area contributed by atoms with E-state index in [9.17, 15) is 0 Å². The van der Waals surface area contributed by atoms with Gasteiger partial charge < -0.3 is 4.90 Å². The topological polar surface area (TPSA) is 16.1 Å². The van der Waals surface area contributed by atoms with Gasteiger partial charge in [-0.15, -0.1) is 11.3 Å². The van der Waals surface area contributed by atoms with E-state index in [2.05, 4.69) is 283 Å². The molecule has 0 aliphatic heterocycles. The molecule has 9 aromatic carbocycles. The first-order valence-electron chi connectivity index (χ1n) is 27.7. The number of aryl methyl sites for hydroxylation is 4. The molecule has 0 saturated carbocycles. The van der Waals surface area contributed by atoms with Crippen molar-refractivity contribution >= 4 is 38.6 Å². The molecule has 12 rings (SSSR count). The second-order valence-corrected chi connectivity index (χ2v) is 20.7. The highest BCUT2D eigenvalue weighted by Gasteiger charge is 2.18. The SMILES string of the molecule is CC.CC1=CCCC=C1.CC1=CCCC=C1.Cc1ccc(-c2ccc(-c3ccc(N(c4ccccc4)c4ccccc4)cc3)c3nc(-c4ccc(-c5ccc(C)c(-c6ccccc6C)c5)cc4)sc23)cc1.Cc1ccccc1. The number of nitrogens with zero attached hydrogens (tertiary/aromatic N) is 2. The number of hydrogen-bond donors (Lipinski definition) is 0. The van der Waals surface area contributed by atoms with E-state index in [0.717, 1.165) is 44.3 Å². The maximum Gasteiger partial charge on any atom is 0.124 e. The molecule has 1 aromatic heterocycles. The minimum Gasteiger partial charge on any atom is -0.311 e. The summed E-state index contributed by atoms with van der Waals surface area (Å²) < 4.78 is 1.20. The quantitative estimate of drug-likeness (QED) is 0.151. The van der Waals surface area contributed by atoms with E-state index < -0.39 is 0 Å². The Morgan fingerprint density at radius 1 is 0.359 bits per heavy atom. The first-order chi connectivity index (χ1) is 38.2. The number of hydrogen-bond acceptors (Lipinski definition) is 3. The van der Waals surface area contributed by atoms with Crippen LogP contribution in [0.3, 0.4) is 0 Å².